The second kappa shape index (κ2) is 11.6. The second-order valence-electron chi connectivity index (χ2n) is 9.47. The zero-order chi connectivity index (χ0) is 26.5. The Hall–Kier alpha value is -3.61. The molecule has 0 fully saturated rings. The van der Waals surface area contributed by atoms with Crippen LogP contribution in [0.2, 0.25) is 0 Å². The number of para-hydroxylation sites is 1. The maximum atomic E-state index is 13.8. The van der Waals surface area contributed by atoms with Crippen LogP contribution in [0.5, 0.6) is 17.2 Å². The monoisotopic (exact) mass is 505 g/mol. The summed E-state index contributed by atoms with van der Waals surface area (Å²) in [7, 11) is 4.79. The largest absolute Gasteiger partial charge is 0.496 e. The lowest BCUT2D eigenvalue weighted by molar-refractivity contribution is -0.146. The normalized spacial score (nSPS) is 21.2. The zero-order valence-electron chi connectivity index (χ0n) is 22.2. The standard InChI is InChI=1S/C30H35NO6/c1-6-7-14-37-30(33)27-18(2)31-22-15-20(19-12-13-25(35-4)26(17-19)36-5)16-23(32)29(22)28(27)21-10-8-9-11-24(21)34-3/h8-13,17,20,27-28H,6-7,14-16H2,1-5H3/t20-,27?,28-/m1/s1. The number of rotatable bonds is 9. The minimum Gasteiger partial charge on any atom is -0.496 e. The molecule has 196 valence electrons. The number of ketones is 1. The van der Waals surface area contributed by atoms with Crippen LogP contribution in [0.1, 0.15) is 62.5 Å². The molecule has 2 aliphatic rings. The number of benzene rings is 2. The van der Waals surface area contributed by atoms with Crippen molar-refractivity contribution >= 4 is 17.5 Å². The number of hydrogen-bond acceptors (Lipinski definition) is 7. The van der Waals surface area contributed by atoms with Crippen molar-refractivity contribution in [3.8, 4) is 17.2 Å². The van der Waals surface area contributed by atoms with Crippen LogP contribution in [0.15, 0.2) is 58.7 Å². The molecular weight excluding hydrogens is 470 g/mol. The van der Waals surface area contributed by atoms with Gasteiger partial charge in [0.25, 0.3) is 0 Å². The fourth-order valence-corrected chi connectivity index (χ4v) is 5.37. The molecule has 1 aliphatic carbocycles. The number of carbonyl (C=O) groups is 2. The predicted octanol–water partition coefficient (Wildman–Crippen LogP) is 5.63. The van der Waals surface area contributed by atoms with Crippen LogP contribution in [-0.2, 0) is 14.3 Å². The summed E-state index contributed by atoms with van der Waals surface area (Å²) in [6.07, 6.45) is 2.60. The molecule has 0 saturated carbocycles. The van der Waals surface area contributed by atoms with Crippen LogP contribution in [0.4, 0.5) is 0 Å². The molecule has 7 heteroatoms. The van der Waals surface area contributed by atoms with Gasteiger partial charge in [-0.05, 0) is 49.4 Å². The Labute approximate surface area is 218 Å². The average molecular weight is 506 g/mol. The third kappa shape index (κ3) is 5.26. The van der Waals surface area contributed by atoms with Crippen LogP contribution in [0, 0.1) is 5.92 Å². The Morgan fingerprint density at radius 3 is 2.41 bits per heavy atom. The molecule has 0 saturated heterocycles. The number of unbranched alkanes of at least 4 members (excludes halogenated alkanes) is 1. The topological polar surface area (TPSA) is 83.4 Å². The Balaban J connectivity index is 1.77. The molecule has 0 bridgehead atoms. The van der Waals surface area contributed by atoms with E-state index >= 15 is 0 Å². The highest BCUT2D eigenvalue weighted by Crippen LogP contribution is 2.49. The van der Waals surface area contributed by atoms with Gasteiger partial charge in [0.2, 0.25) is 0 Å². The molecule has 1 unspecified atom stereocenters. The van der Waals surface area contributed by atoms with Crippen molar-refractivity contribution in [1.82, 2.24) is 0 Å². The van der Waals surface area contributed by atoms with E-state index < -0.39 is 11.8 Å². The third-order valence-corrected chi connectivity index (χ3v) is 7.24. The summed E-state index contributed by atoms with van der Waals surface area (Å²) in [6, 6.07) is 13.3. The summed E-state index contributed by atoms with van der Waals surface area (Å²) in [5.74, 6) is 0.263. The van der Waals surface area contributed by atoms with Gasteiger partial charge in [-0.1, -0.05) is 37.6 Å². The van der Waals surface area contributed by atoms with Crippen LogP contribution < -0.4 is 14.2 Å². The van der Waals surface area contributed by atoms with Crippen molar-refractivity contribution in [3.05, 3.63) is 64.9 Å². The zero-order valence-corrected chi connectivity index (χ0v) is 22.2. The molecule has 0 aromatic heterocycles. The van der Waals surface area contributed by atoms with Crippen molar-refractivity contribution in [2.75, 3.05) is 27.9 Å². The first kappa shape index (κ1) is 26.5. The quantitative estimate of drug-likeness (QED) is 0.324. The van der Waals surface area contributed by atoms with Gasteiger partial charge in [0.1, 0.15) is 11.7 Å². The number of nitrogens with zero attached hydrogens (tertiary/aromatic N) is 1. The molecule has 0 spiro atoms. The van der Waals surface area contributed by atoms with Crippen molar-refractivity contribution in [1.29, 1.82) is 0 Å². The van der Waals surface area contributed by atoms with Gasteiger partial charge in [0.15, 0.2) is 17.3 Å². The van der Waals surface area contributed by atoms with Gasteiger partial charge in [-0.25, -0.2) is 0 Å². The molecule has 37 heavy (non-hydrogen) atoms. The summed E-state index contributed by atoms with van der Waals surface area (Å²) < 4.78 is 22.2. The van der Waals surface area contributed by atoms with Gasteiger partial charge < -0.3 is 18.9 Å². The molecular formula is C30H35NO6. The molecule has 1 heterocycles. The molecule has 7 nitrogen and oxygen atoms in total. The van der Waals surface area contributed by atoms with Crippen molar-refractivity contribution in [2.24, 2.45) is 10.9 Å². The first-order chi connectivity index (χ1) is 17.9. The number of hydrogen-bond donors (Lipinski definition) is 0. The van der Waals surface area contributed by atoms with E-state index in [1.54, 1.807) is 21.3 Å². The van der Waals surface area contributed by atoms with Crippen molar-refractivity contribution in [2.45, 2.75) is 51.4 Å². The smallest absolute Gasteiger partial charge is 0.315 e. The molecule has 1 aliphatic heterocycles. The molecule has 2 aromatic carbocycles. The average Bonchev–Trinajstić information content (AvgIpc) is 2.91. The predicted molar refractivity (Wildman–Crippen MR) is 142 cm³/mol. The van der Waals surface area contributed by atoms with E-state index in [4.69, 9.17) is 23.9 Å². The minimum absolute atomic E-state index is 0.0143. The number of ether oxygens (including phenoxy) is 4. The minimum atomic E-state index is -0.687. The molecule has 4 rings (SSSR count). The maximum absolute atomic E-state index is 13.8. The second-order valence-corrected chi connectivity index (χ2v) is 9.47. The molecule has 3 atom stereocenters. The lowest BCUT2D eigenvalue weighted by Gasteiger charge is -2.37. The van der Waals surface area contributed by atoms with E-state index in [0.29, 0.717) is 48.0 Å². The lowest BCUT2D eigenvalue weighted by atomic mass is 9.69. The number of allylic oxidation sites excluding steroid dienone is 2. The van der Waals surface area contributed by atoms with Gasteiger partial charge in [0.05, 0.1) is 27.9 Å². The summed E-state index contributed by atoms with van der Waals surface area (Å²) in [5, 5.41) is 0. The number of esters is 1. The molecule has 0 N–H and O–H groups in total. The van der Waals surface area contributed by atoms with Gasteiger partial charge in [-0.15, -0.1) is 0 Å². The van der Waals surface area contributed by atoms with Gasteiger partial charge in [-0.2, -0.15) is 0 Å². The van der Waals surface area contributed by atoms with E-state index in [9.17, 15) is 9.59 Å². The number of carbonyl (C=O) groups excluding carboxylic acids is 2. The summed E-state index contributed by atoms with van der Waals surface area (Å²) in [4.78, 5) is 32.0. The molecule has 2 aromatic rings. The van der Waals surface area contributed by atoms with Crippen molar-refractivity contribution in [3.63, 3.8) is 0 Å². The Morgan fingerprint density at radius 2 is 1.70 bits per heavy atom. The highest BCUT2D eigenvalue weighted by atomic mass is 16.5. The van der Waals surface area contributed by atoms with E-state index in [2.05, 4.69) is 0 Å². The highest BCUT2D eigenvalue weighted by Gasteiger charge is 2.45. The van der Waals surface area contributed by atoms with Crippen molar-refractivity contribution < 1.29 is 28.5 Å². The van der Waals surface area contributed by atoms with Crippen LogP contribution in [0.3, 0.4) is 0 Å². The van der Waals surface area contributed by atoms with Crippen LogP contribution >= 0.6 is 0 Å². The molecule has 0 radical (unpaired) electrons. The van der Waals surface area contributed by atoms with Crippen LogP contribution in [0.25, 0.3) is 0 Å². The fourth-order valence-electron chi connectivity index (χ4n) is 5.37. The van der Waals surface area contributed by atoms with Gasteiger partial charge in [-0.3, -0.25) is 14.6 Å². The summed E-state index contributed by atoms with van der Waals surface area (Å²) in [6.45, 7) is 4.24. The van der Waals surface area contributed by atoms with Gasteiger partial charge in [0, 0.05) is 34.9 Å². The number of methoxy groups -OCH3 is 3. The first-order valence-corrected chi connectivity index (χ1v) is 12.8. The summed E-state index contributed by atoms with van der Waals surface area (Å²) in [5.41, 5.74) is 3.74. The lowest BCUT2D eigenvalue weighted by Crippen LogP contribution is -2.38. The Morgan fingerprint density at radius 1 is 0.973 bits per heavy atom. The van der Waals surface area contributed by atoms with E-state index in [1.165, 1.54) is 0 Å². The van der Waals surface area contributed by atoms with Crippen LogP contribution in [-0.4, -0.2) is 45.4 Å². The SMILES string of the molecule is CCCCOC(=O)C1C(C)=NC2=C(C(=O)C[C@H](c3ccc(OC)c(OC)c3)C2)[C@@H]1c1ccccc1OC. The maximum Gasteiger partial charge on any atom is 0.315 e. The third-order valence-electron chi connectivity index (χ3n) is 7.24. The fraction of sp³-hybridized carbons (Fsp3) is 0.433. The summed E-state index contributed by atoms with van der Waals surface area (Å²) >= 11 is 0. The Bertz CT molecular complexity index is 1230. The Kier molecular flexibility index (Phi) is 8.31. The number of aliphatic imine (C=N–C) groups is 1. The van der Waals surface area contributed by atoms with E-state index in [0.717, 1.165) is 29.7 Å². The first-order valence-electron chi connectivity index (χ1n) is 12.8. The number of Topliss-reactive ketones (excluding diaryl/α,β-unsaturated/α-hetero) is 1. The van der Waals surface area contributed by atoms with E-state index in [-0.39, 0.29) is 17.7 Å². The van der Waals surface area contributed by atoms with Gasteiger partial charge >= 0.3 is 5.97 Å². The highest BCUT2D eigenvalue weighted by molar-refractivity contribution is 6.09. The molecule has 0 amide bonds. The van der Waals surface area contributed by atoms with E-state index in [1.807, 2.05) is 56.3 Å².